The molecule has 8 rings (SSSR count). The molecule has 2 unspecified atom stereocenters. The Hall–Kier alpha value is -4.01. The summed E-state index contributed by atoms with van der Waals surface area (Å²) in [6.07, 6.45) is 11.5. The van der Waals surface area contributed by atoms with Gasteiger partial charge in [0.2, 0.25) is 0 Å². The van der Waals surface area contributed by atoms with Gasteiger partial charge in [0.25, 0.3) is 0 Å². The molecule has 4 aromatic rings. The van der Waals surface area contributed by atoms with Crippen LogP contribution in [0.15, 0.2) is 144 Å². The van der Waals surface area contributed by atoms with E-state index in [1.165, 1.54) is 60.9 Å². The number of fused-ring (bicyclic) bond motifs is 5. The summed E-state index contributed by atoms with van der Waals surface area (Å²) in [6, 6.07) is 38.1. The van der Waals surface area contributed by atoms with Gasteiger partial charge in [0.1, 0.15) is 0 Å². The molecular formula is C39H33NS. The Balaban J connectivity index is 1.16. The summed E-state index contributed by atoms with van der Waals surface area (Å²) in [7, 11) is 0. The molecule has 4 aromatic carbocycles. The third-order valence-electron chi connectivity index (χ3n) is 9.39. The van der Waals surface area contributed by atoms with E-state index < -0.39 is 0 Å². The molecule has 0 aromatic heterocycles. The molecule has 0 fully saturated rings. The van der Waals surface area contributed by atoms with E-state index in [0.29, 0.717) is 11.2 Å². The zero-order valence-electron chi connectivity index (χ0n) is 23.5. The number of thioether (sulfide) groups is 1. The number of allylic oxidation sites excluding steroid dienone is 7. The highest BCUT2D eigenvalue weighted by molar-refractivity contribution is 8.00. The monoisotopic (exact) mass is 547 g/mol. The number of hydrogen-bond donors (Lipinski definition) is 0. The van der Waals surface area contributed by atoms with Crippen LogP contribution < -0.4 is 4.90 Å². The van der Waals surface area contributed by atoms with Crippen molar-refractivity contribution in [3.8, 4) is 0 Å². The summed E-state index contributed by atoms with van der Waals surface area (Å²) in [4.78, 5) is 3.90. The molecular weight excluding hydrogens is 515 g/mol. The van der Waals surface area contributed by atoms with Gasteiger partial charge >= 0.3 is 0 Å². The first kappa shape index (κ1) is 24.8. The number of para-hydroxylation sites is 1. The molecule has 0 amide bonds. The predicted molar refractivity (Wildman–Crippen MR) is 175 cm³/mol. The fraction of sp³-hybridized carbons (Fsp3) is 0.179. The normalized spacial score (nSPS) is 21.4. The van der Waals surface area contributed by atoms with Gasteiger partial charge in [-0.25, -0.2) is 0 Å². The Kier molecular flexibility index (Phi) is 5.76. The first-order valence-electron chi connectivity index (χ1n) is 14.7. The minimum atomic E-state index is 0.0118. The molecule has 2 atom stereocenters. The standard InChI is InChI=1S/C39H33NS/c1-39(2)35-17-8-6-13-31(35)32-24-23-29(25-36(32)39)40(27-11-4-3-5-12-27)28-21-19-26(20-22-28)30-15-10-16-34-33-14-7-9-18-37(33)41-38(30)34/h3-22,25,34,38H,23-24H2,1-2H3. The van der Waals surface area contributed by atoms with Crippen molar-refractivity contribution in [3.05, 3.63) is 161 Å². The lowest BCUT2D eigenvalue weighted by molar-refractivity contribution is 0.648. The molecule has 0 spiro atoms. The average Bonchev–Trinajstić information content (AvgIpc) is 3.51. The Bertz CT molecular complexity index is 1790. The maximum absolute atomic E-state index is 2.49. The second kappa shape index (κ2) is 9.53. The van der Waals surface area contributed by atoms with Crippen molar-refractivity contribution in [2.24, 2.45) is 0 Å². The number of hydrogen-bond acceptors (Lipinski definition) is 2. The Labute approximate surface area is 247 Å². The van der Waals surface area contributed by atoms with Crippen molar-refractivity contribution < 1.29 is 0 Å². The third kappa shape index (κ3) is 3.92. The minimum absolute atomic E-state index is 0.0118. The lowest BCUT2D eigenvalue weighted by atomic mass is 9.79. The van der Waals surface area contributed by atoms with E-state index in [0.717, 1.165) is 12.8 Å². The van der Waals surface area contributed by atoms with Crippen molar-refractivity contribution in [1.29, 1.82) is 0 Å². The Morgan fingerprint density at radius 3 is 2.34 bits per heavy atom. The van der Waals surface area contributed by atoms with Gasteiger partial charge in [-0.2, -0.15) is 0 Å². The van der Waals surface area contributed by atoms with Crippen LogP contribution >= 0.6 is 11.8 Å². The zero-order valence-corrected chi connectivity index (χ0v) is 24.4. The molecule has 0 radical (unpaired) electrons. The molecule has 0 N–H and O–H groups in total. The second-order valence-electron chi connectivity index (χ2n) is 12.0. The third-order valence-corrected chi connectivity index (χ3v) is 10.8. The highest BCUT2D eigenvalue weighted by atomic mass is 32.2. The number of benzene rings is 4. The van der Waals surface area contributed by atoms with Gasteiger partial charge in [0.15, 0.2) is 0 Å². The second-order valence-corrected chi connectivity index (χ2v) is 13.2. The summed E-state index contributed by atoms with van der Waals surface area (Å²) in [6.45, 7) is 4.77. The highest BCUT2D eigenvalue weighted by Gasteiger charge is 2.39. The SMILES string of the molecule is CC1(C)C2=C(CCC(N(c3ccccc3)c3ccc(C4=CC=CC5c6ccccc6SC45)cc3)=C2)c2ccccc21. The van der Waals surface area contributed by atoms with E-state index in [-0.39, 0.29) is 5.41 Å². The number of nitrogens with zero attached hydrogens (tertiary/aromatic N) is 1. The molecule has 0 bridgehead atoms. The van der Waals surface area contributed by atoms with Crippen LogP contribution in [0, 0.1) is 0 Å². The largest absolute Gasteiger partial charge is 0.314 e. The lowest BCUT2D eigenvalue weighted by Crippen LogP contribution is -2.22. The summed E-state index contributed by atoms with van der Waals surface area (Å²) in [5.74, 6) is 0.449. The summed E-state index contributed by atoms with van der Waals surface area (Å²) < 4.78 is 0. The van der Waals surface area contributed by atoms with E-state index in [9.17, 15) is 0 Å². The first-order chi connectivity index (χ1) is 20.1. The minimum Gasteiger partial charge on any atom is -0.314 e. The number of anilines is 2. The van der Waals surface area contributed by atoms with E-state index >= 15 is 0 Å². The van der Waals surface area contributed by atoms with Crippen LogP contribution in [-0.4, -0.2) is 5.25 Å². The van der Waals surface area contributed by atoms with Gasteiger partial charge in [-0.15, -0.1) is 11.8 Å². The van der Waals surface area contributed by atoms with Crippen molar-refractivity contribution in [1.82, 2.24) is 0 Å². The van der Waals surface area contributed by atoms with Crippen LogP contribution in [0.4, 0.5) is 11.4 Å². The van der Waals surface area contributed by atoms with Gasteiger partial charge in [-0.1, -0.05) is 105 Å². The van der Waals surface area contributed by atoms with E-state index in [1.54, 1.807) is 0 Å². The molecule has 3 aliphatic carbocycles. The molecule has 1 aliphatic heterocycles. The maximum Gasteiger partial charge on any atom is 0.0458 e. The molecule has 1 heterocycles. The molecule has 1 nitrogen and oxygen atoms in total. The van der Waals surface area contributed by atoms with Gasteiger partial charge in [0, 0.05) is 38.6 Å². The van der Waals surface area contributed by atoms with Crippen LogP contribution in [-0.2, 0) is 5.41 Å². The quantitative estimate of drug-likeness (QED) is 0.250. The Morgan fingerprint density at radius 1 is 0.756 bits per heavy atom. The molecule has 200 valence electrons. The first-order valence-corrected chi connectivity index (χ1v) is 15.6. The molecule has 0 saturated carbocycles. The summed E-state index contributed by atoms with van der Waals surface area (Å²) in [5, 5.41) is 0.436. The van der Waals surface area contributed by atoms with E-state index in [1.807, 2.05) is 11.8 Å². The van der Waals surface area contributed by atoms with Crippen LogP contribution in [0.3, 0.4) is 0 Å². The van der Waals surface area contributed by atoms with Gasteiger partial charge in [-0.3, -0.25) is 0 Å². The van der Waals surface area contributed by atoms with E-state index in [4.69, 9.17) is 0 Å². The lowest BCUT2D eigenvalue weighted by Gasteiger charge is -2.33. The predicted octanol–water partition coefficient (Wildman–Crippen LogP) is 10.5. The van der Waals surface area contributed by atoms with Crippen LogP contribution in [0.5, 0.6) is 0 Å². The molecule has 4 aliphatic rings. The Morgan fingerprint density at radius 2 is 1.49 bits per heavy atom. The summed E-state index contributed by atoms with van der Waals surface area (Å²) in [5.41, 5.74) is 13.9. The maximum atomic E-state index is 2.49. The van der Waals surface area contributed by atoms with Gasteiger partial charge < -0.3 is 4.90 Å². The fourth-order valence-corrected chi connectivity index (χ4v) is 8.85. The zero-order chi connectivity index (χ0) is 27.6. The molecule has 41 heavy (non-hydrogen) atoms. The van der Waals surface area contributed by atoms with Crippen molar-refractivity contribution >= 4 is 34.3 Å². The summed E-state index contributed by atoms with van der Waals surface area (Å²) >= 11 is 2.01. The molecule has 0 saturated heterocycles. The van der Waals surface area contributed by atoms with Gasteiger partial charge in [-0.05, 0) is 88.2 Å². The van der Waals surface area contributed by atoms with Crippen LogP contribution in [0.1, 0.15) is 54.9 Å². The topological polar surface area (TPSA) is 3.24 Å². The van der Waals surface area contributed by atoms with Crippen LogP contribution in [0.2, 0.25) is 0 Å². The van der Waals surface area contributed by atoms with Crippen molar-refractivity contribution in [2.45, 2.75) is 48.2 Å². The van der Waals surface area contributed by atoms with Crippen LogP contribution in [0.25, 0.3) is 11.1 Å². The molecule has 2 heteroatoms. The highest BCUT2D eigenvalue weighted by Crippen LogP contribution is 2.54. The smallest absolute Gasteiger partial charge is 0.0458 e. The fourth-order valence-electron chi connectivity index (χ4n) is 7.36. The average molecular weight is 548 g/mol. The van der Waals surface area contributed by atoms with E-state index in [2.05, 4.69) is 146 Å². The van der Waals surface area contributed by atoms with Crippen molar-refractivity contribution in [2.75, 3.05) is 4.90 Å². The number of rotatable bonds is 4. The van der Waals surface area contributed by atoms with Crippen molar-refractivity contribution in [3.63, 3.8) is 0 Å². The van der Waals surface area contributed by atoms with Gasteiger partial charge in [0.05, 0.1) is 0 Å².